The van der Waals surface area contributed by atoms with Crippen LogP contribution in [0.4, 0.5) is 14.9 Å². The molecular formula is C27H33FN6O6. The van der Waals surface area contributed by atoms with Crippen molar-refractivity contribution in [3.63, 3.8) is 0 Å². The number of nitrogens with one attached hydrogen (secondary N) is 3. The number of alkyl carbamates (subject to hydrolysis) is 1. The zero-order chi connectivity index (χ0) is 29.4. The molecule has 0 spiro atoms. The summed E-state index contributed by atoms with van der Waals surface area (Å²) in [5.74, 6) is -1.41. The third kappa shape index (κ3) is 7.68. The van der Waals surface area contributed by atoms with E-state index in [0.717, 1.165) is 6.20 Å². The van der Waals surface area contributed by atoms with E-state index >= 15 is 0 Å². The lowest BCUT2D eigenvalue weighted by Crippen LogP contribution is -2.44. The Morgan fingerprint density at radius 3 is 2.70 bits per heavy atom. The van der Waals surface area contributed by atoms with Gasteiger partial charge in [-0.3, -0.25) is 19.4 Å². The number of hydrogen-bond donors (Lipinski definition) is 3. The van der Waals surface area contributed by atoms with E-state index in [1.54, 1.807) is 52.3 Å². The van der Waals surface area contributed by atoms with Crippen LogP contribution in [0.3, 0.4) is 0 Å². The van der Waals surface area contributed by atoms with Crippen molar-refractivity contribution >= 4 is 34.6 Å². The van der Waals surface area contributed by atoms with Gasteiger partial charge in [0.1, 0.15) is 17.2 Å². The Labute approximate surface area is 230 Å². The largest absolute Gasteiger partial charge is 0.486 e. The number of carbonyl (C=O) groups excluding carboxylic acids is 3. The first kappa shape index (κ1) is 29.9. The second-order valence-electron chi connectivity index (χ2n) is 9.40. The normalized spacial score (nSPS) is 12.0. The number of methoxy groups -OCH3 is 1. The molecule has 3 aromatic rings. The average Bonchev–Trinajstić information content (AvgIpc) is 3.32. The molecule has 0 radical (unpaired) electrons. The number of likely N-dealkylation sites (N-methyl/N-ethyl adjacent to an activating group) is 1. The fourth-order valence-electron chi connectivity index (χ4n) is 3.74. The van der Waals surface area contributed by atoms with Crippen LogP contribution in [0, 0.1) is 5.82 Å². The predicted octanol–water partition coefficient (Wildman–Crippen LogP) is 2.79. The van der Waals surface area contributed by atoms with E-state index in [2.05, 4.69) is 25.3 Å². The molecule has 0 aliphatic rings. The van der Waals surface area contributed by atoms with Gasteiger partial charge in [-0.2, -0.15) is 0 Å². The molecule has 3 amide bonds. The van der Waals surface area contributed by atoms with Crippen molar-refractivity contribution in [1.29, 1.82) is 0 Å². The van der Waals surface area contributed by atoms with E-state index < -0.39 is 29.4 Å². The van der Waals surface area contributed by atoms with Crippen LogP contribution in [0.15, 0.2) is 47.5 Å². The molecule has 3 heterocycles. The summed E-state index contributed by atoms with van der Waals surface area (Å²) in [7, 11) is 4.39. The van der Waals surface area contributed by atoms with Crippen molar-refractivity contribution in [2.24, 2.45) is 0 Å². The molecule has 0 aromatic carbocycles. The van der Waals surface area contributed by atoms with Gasteiger partial charge in [0.15, 0.2) is 11.6 Å². The molecule has 3 N–H and O–H groups in total. The van der Waals surface area contributed by atoms with Crippen LogP contribution in [0.5, 0.6) is 5.75 Å². The maximum atomic E-state index is 14.3. The topological polar surface area (TPSA) is 148 Å². The highest BCUT2D eigenvalue weighted by molar-refractivity contribution is 5.96. The zero-order valence-electron chi connectivity index (χ0n) is 23.0. The van der Waals surface area contributed by atoms with E-state index in [-0.39, 0.29) is 36.4 Å². The summed E-state index contributed by atoms with van der Waals surface area (Å²) in [4.78, 5) is 58.2. The highest BCUT2D eigenvalue weighted by Gasteiger charge is 2.22. The summed E-state index contributed by atoms with van der Waals surface area (Å²) in [5, 5.41) is 5.01. The maximum Gasteiger partial charge on any atom is 0.407 e. The molecule has 1 unspecified atom stereocenters. The third-order valence-corrected chi connectivity index (χ3v) is 5.70. The van der Waals surface area contributed by atoms with Gasteiger partial charge < -0.3 is 34.6 Å². The smallest absolute Gasteiger partial charge is 0.407 e. The standard InChI is InChI=1S/C27H33FN6O6/c1-16(2)40-24-18(28)14-29-21-13-17(30-23(21)24)15-34-12-8-10-20(26(34)37)31-25(36)19(32-27(38)39-5)9-6-7-11-22(35)33(3)4/h7-8,10-14,16,19,30H,6,9,15H2,1-5H3,(H,31,36)(H,32,38)/b11-7+. The molecule has 12 nitrogen and oxygen atoms in total. The Kier molecular flexibility index (Phi) is 10.0. The molecule has 0 saturated carbocycles. The lowest BCUT2D eigenvalue weighted by Gasteiger charge is -2.17. The average molecular weight is 557 g/mol. The summed E-state index contributed by atoms with van der Waals surface area (Å²) in [6.45, 7) is 3.64. The van der Waals surface area contributed by atoms with E-state index in [1.165, 1.54) is 28.7 Å². The van der Waals surface area contributed by atoms with Gasteiger partial charge in [-0.15, -0.1) is 0 Å². The Morgan fingerprint density at radius 2 is 2.02 bits per heavy atom. The van der Waals surface area contributed by atoms with Crippen LogP contribution >= 0.6 is 0 Å². The molecule has 0 aliphatic carbocycles. The summed E-state index contributed by atoms with van der Waals surface area (Å²) in [6, 6.07) is 3.68. The van der Waals surface area contributed by atoms with Crippen LogP contribution in [0.2, 0.25) is 0 Å². The summed E-state index contributed by atoms with van der Waals surface area (Å²) in [5.41, 5.74) is 0.908. The van der Waals surface area contributed by atoms with Gasteiger partial charge in [-0.1, -0.05) is 6.08 Å². The summed E-state index contributed by atoms with van der Waals surface area (Å²) in [6.07, 6.45) is 4.96. The molecule has 1 atom stereocenters. The summed E-state index contributed by atoms with van der Waals surface area (Å²) < 4.78 is 25.9. The number of carbonyl (C=O) groups is 3. The second-order valence-corrected chi connectivity index (χ2v) is 9.40. The molecular weight excluding hydrogens is 523 g/mol. The van der Waals surface area contributed by atoms with E-state index in [1.807, 2.05) is 0 Å². The monoisotopic (exact) mass is 556 g/mol. The van der Waals surface area contributed by atoms with E-state index in [0.29, 0.717) is 23.1 Å². The molecule has 214 valence electrons. The van der Waals surface area contributed by atoms with Crippen LogP contribution in [-0.2, 0) is 20.9 Å². The Bertz CT molecular complexity index is 1460. The number of hydrogen-bond acceptors (Lipinski definition) is 7. The number of aromatic nitrogens is 3. The van der Waals surface area contributed by atoms with Gasteiger partial charge in [-0.25, -0.2) is 9.18 Å². The van der Waals surface area contributed by atoms with E-state index in [4.69, 9.17) is 4.74 Å². The highest BCUT2D eigenvalue weighted by Crippen LogP contribution is 2.28. The summed E-state index contributed by atoms with van der Waals surface area (Å²) >= 11 is 0. The first-order valence-electron chi connectivity index (χ1n) is 12.6. The third-order valence-electron chi connectivity index (χ3n) is 5.70. The maximum absolute atomic E-state index is 14.3. The number of fused-ring (bicyclic) bond motifs is 1. The van der Waals surface area contributed by atoms with Crippen molar-refractivity contribution in [2.75, 3.05) is 26.5 Å². The fourth-order valence-corrected chi connectivity index (χ4v) is 3.74. The lowest BCUT2D eigenvalue weighted by molar-refractivity contribution is -0.123. The Balaban J connectivity index is 1.78. The predicted molar refractivity (Wildman–Crippen MR) is 147 cm³/mol. The van der Waals surface area contributed by atoms with Crippen molar-refractivity contribution in [1.82, 2.24) is 24.8 Å². The first-order valence-corrected chi connectivity index (χ1v) is 12.6. The van der Waals surface area contributed by atoms with Crippen molar-refractivity contribution < 1.29 is 28.2 Å². The number of rotatable bonds is 11. The van der Waals surface area contributed by atoms with Crippen LogP contribution < -0.4 is 20.9 Å². The number of allylic oxidation sites excluding steroid dienone is 1. The van der Waals surface area contributed by atoms with E-state index in [9.17, 15) is 23.6 Å². The number of H-pyrrole nitrogens is 1. The van der Waals surface area contributed by atoms with Gasteiger partial charge >= 0.3 is 6.09 Å². The molecule has 40 heavy (non-hydrogen) atoms. The quantitative estimate of drug-likeness (QED) is 0.308. The highest BCUT2D eigenvalue weighted by atomic mass is 19.1. The Hall–Kier alpha value is -4.68. The number of amides is 3. The molecule has 13 heteroatoms. The molecule has 0 bridgehead atoms. The molecule has 3 rings (SSSR count). The van der Waals surface area contributed by atoms with Gasteiger partial charge in [-0.05, 0) is 51.0 Å². The number of ether oxygens (including phenoxy) is 2. The molecule has 0 saturated heterocycles. The minimum atomic E-state index is -1.03. The minimum Gasteiger partial charge on any atom is -0.486 e. The number of halogens is 1. The van der Waals surface area contributed by atoms with Gasteiger partial charge in [0.2, 0.25) is 11.8 Å². The van der Waals surface area contributed by atoms with Crippen molar-refractivity contribution in [2.45, 2.75) is 45.4 Å². The number of aromatic amines is 1. The zero-order valence-corrected chi connectivity index (χ0v) is 23.0. The molecule has 0 aliphatic heterocycles. The van der Waals surface area contributed by atoms with Crippen molar-refractivity contribution in [3.05, 3.63) is 64.6 Å². The number of nitrogens with zero attached hydrogens (tertiary/aromatic N) is 3. The number of pyridine rings is 2. The van der Waals surface area contributed by atoms with Crippen LogP contribution in [-0.4, -0.2) is 70.7 Å². The fraction of sp³-hybridized carbons (Fsp3) is 0.370. The van der Waals surface area contributed by atoms with Crippen LogP contribution in [0.1, 0.15) is 32.4 Å². The second kappa shape index (κ2) is 13.4. The molecule has 3 aromatic heterocycles. The lowest BCUT2D eigenvalue weighted by atomic mass is 10.1. The van der Waals surface area contributed by atoms with Gasteiger partial charge in [0.05, 0.1) is 31.5 Å². The first-order chi connectivity index (χ1) is 19.0. The van der Waals surface area contributed by atoms with Gasteiger partial charge in [0.25, 0.3) is 5.56 Å². The molecule has 0 fully saturated rings. The van der Waals surface area contributed by atoms with Crippen LogP contribution in [0.25, 0.3) is 11.0 Å². The van der Waals surface area contributed by atoms with Gasteiger partial charge in [0, 0.05) is 26.0 Å². The number of anilines is 1. The Morgan fingerprint density at radius 1 is 1.27 bits per heavy atom. The van der Waals surface area contributed by atoms with Crippen molar-refractivity contribution in [3.8, 4) is 5.75 Å². The SMILES string of the molecule is COC(=O)NC(CC/C=C/C(=O)N(C)C)C(=O)Nc1cccn(Cc2cc3ncc(F)c(OC(C)C)c3[nH]2)c1=O. The minimum absolute atomic E-state index is 0.00777.